The number of ether oxygens (including phenoxy) is 1. The average Bonchev–Trinajstić information content (AvgIpc) is 1.62. The Bertz CT molecular complexity index is 100.0. The summed E-state index contributed by atoms with van der Waals surface area (Å²) in [7, 11) is 0. The average molecular weight is 129 g/mol. The molecule has 0 aromatic heterocycles. The molecule has 0 aromatic carbocycles. The summed E-state index contributed by atoms with van der Waals surface area (Å²) >= 11 is 0. The second-order valence-electron chi connectivity index (χ2n) is 2.94. The van der Waals surface area contributed by atoms with Gasteiger partial charge in [-0.05, 0) is 20.8 Å². The summed E-state index contributed by atoms with van der Waals surface area (Å²) < 4.78 is 4.95. The summed E-state index contributed by atoms with van der Waals surface area (Å²) in [5.41, 5.74) is -0.326. The molecule has 0 spiro atoms. The van der Waals surface area contributed by atoms with Gasteiger partial charge in [0.2, 0.25) is 0 Å². The predicted molar refractivity (Wildman–Crippen MR) is 36.1 cm³/mol. The molecule has 0 heterocycles. The molecule has 0 saturated heterocycles. The smallest absolute Gasteiger partial charge is 0.306 e. The van der Waals surface area contributed by atoms with E-state index in [1.807, 2.05) is 20.8 Å². The van der Waals surface area contributed by atoms with Crippen molar-refractivity contribution in [1.29, 1.82) is 0 Å². The summed E-state index contributed by atoms with van der Waals surface area (Å²) in [4.78, 5) is 10.6. The van der Waals surface area contributed by atoms with Gasteiger partial charge in [0.1, 0.15) is 5.60 Å². The van der Waals surface area contributed by atoms with Crippen molar-refractivity contribution in [2.75, 3.05) is 0 Å². The van der Waals surface area contributed by atoms with Crippen LogP contribution >= 0.6 is 0 Å². The second kappa shape index (κ2) is 2.85. The molecule has 0 aliphatic rings. The molecule has 0 unspecified atom stereocenters. The van der Waals surface area contributed by atoms with E-state index in [0.717, 1.165) is 0 Å². The molecule has 0 amide bonds. The zero-order valence-corrected chi connectivity index (χ0v) is 6.52. The topological polar surface area (TPSA) is 26.3 Å². The van der Waals surface area contributed by atoms with E-state index in [4.69, 9.17) is 4.74 Å². The number of hydrogen-bond donors (Lipinski definition) is 0. The summed E-state index contributed by atoms with van der Waals surface area (Å²) in [6.45, 7) is 7.37. The van der Waals surface area contributed by atoms with Gasteiger partial charge in [-0.15, -0.1) is 0 Å². The van der Waals surface area contributed by atoms with Gasteiger partial charge < -0.3 is 4.74 Å². The number of hydrogen-bond acceptors (Lipinski definition) is 2. The fourth-order valence-electron chi connectivity index (χ4n) is 0.414. The Morgan fingerprint density at radius 1 is 1.44 bits per heavy atom. The van der Waals surface area contributed by atoms with E-state index < -0.39 is 0 Å². The highest BCUT2D eigenvalue weighted by Crippen LogP contribution is 2.07. The third kappa shape index (κ3) is 5.34. The van der Waals surface area contributed by atoms with Gasteiger partial charge in [0, 0.05) is 6.42 Å². The quantitative estimate of drug-likeness (QED) is 0.504. The molecule has 0 rings (SSSR count). The molecular formula is C7H14O2. The minimum Gasteiger partial charge on any atom is -0.460 e. The summed E-state index contributed by atoms with van der Waals surface area (Å²) in [6, 6.07) is 0. The van der Waals surface area contributed by atoms with Crippen LogP contribution in [0.25, 0.3) is 0 Å². The molecule has 2 nitrogen and oxygen atoms in total. The van der Waals surface area contributed by atoms with Crippen LogP contribution in [-0.4, -0.2) is 11.6 Å². The van der Waals surface area contributed by atoms with E-state index >= 15 is 0 Å². The maximum Gasteiger partial charge on any atom is 0.306 e. The molecule has 2 heteroatoms. The highest BCUT2D eigenvalue weighted by molar-refractivity contribution is 5.69. The van der Waals surface area contributed by atoms with Gasteiger partial charge >= 0.3 is 5.97 Å². The molecular weight excluding hydrogens is 115 g/mol. The van der Waals surface area contributed by atoms with E-state index in [-0.39, 0.29) is 11.6 Å². The first-order valence-corrected chi connectivity index (χ1v) is 3.17. The van der Waals surface area contributed by atoms with E-state index in [9.17, 15) is 4.79 Å². The first-order valence-electron chi connectivity index (χ1n) is 3.17. The molecule has 0 aromatic rings. The van der Waals surface area contributed by atoms with E-state index in [2.05, 4.69) is 0 Å². The first-order chi connectivity index (χ1) is 3.95. The Labute approximate surface area is 56.2 Å². The number of rotatable bonds is 1. The lowest BCUT2D eigenvalue weighted by atomic mass is 10.1. The van der Waals surface area contributed by atoms with Crippen LogP contribution in [0.3, 0.4) is 0 Å². The monoisotopic (exact) mass is 129 g/mol. The summed E-state index contributed by atoms with van der Waals surface area (Å²) in [5.74, 6) is -0.137. The number of esters is 1. The van der Waals surface area contributed by atoms with Crippen molar-refractivity contribution in [2.45, 2.75) is 39.7 Å². The molecule has 0 aliphatic carbocycles. The van der Waals surface area contributed by atoms with Gasteiger partial charge in [0.05, 0.1) is 0 Å². The van der Waals surface area contributed by atoms with Crippen molar-refractivity contribution in [3.63, 3.8) is 0 Å². The van der Waals surface area contributed by atoms with Crippen LogP contribution in [-0.2, 0) is 9.53 Å². The Kier molecular flexibility index (Phi) is 2.68. The van der Waals surface area contributed by atoms with Crippen LogP contribution in [0.1, 0.15) is 34.1 Å². The lowest BCUT2D eigenvalue weighted by Crippen LogP contribution is -2.23. The van der Waals surface area contributed by atoms with Crippen molar-refractivity contribution < 1.29 is 9.53 Å². The molecule has 9 heavy (non-hydrogen) atoms. The molecule has 54 valence electrons. The summed E-state index contributed by atoms with van der Waals surface area (Å²) in [5, 5.41) is 0. The highest BCUT2D eigenvalue weighted by atomic mass is 16.6. The summed E-state index contributed by atoms with van der Waals surface area (Å²) in [6.07, 6.45) is 0.456. The number of carbonyl (C=O) groups is 1. The zero-order chi connectivity index (χ0) is 7.49. The van der Waals surface area contributed by atoms with E-state index in [1.165, 1.54) is 0 Å². The minimum atomic E-state index is -0.326. The molecule has 0 N–H and O–H groups in total. The minimum absolute atomic E-state index is 0.137. The van der Waals surface area contributed by atoms with Crippen LogP contribution in [0, 0.1) is 0 Å². The van der Waals surface area contributed by atoms with Crippen LogP contribution in [0.5, 0.6) is 0 Å². The molecule has 0 bridgehead atoms. The Morgan fingerprint density at radius 3 is 2.00 bits per heavy atom. The van der Waals surface area contributed by atoms with Crippen molar-refractivity contribution in [3.05, 3.63) is 0 Å². The van der Waals surface area contributed by atoms with Gasteiger partial charge in [-0.2, -0.15) is 0 Å². The molecule has 0 atom stereocenters. The van der Waals surface area contributed by atoms with Crippen molar-refractivity contribution >= 4 is 5.97 Å². The van der Waals surface area contributed by atoms with Gasteiger partial charge in [-0.25, -0.2) is 0 Å². The SMILES string of the molecule is CC(C)(C)OC(=O)C[11CH3]. The second-order valence-corrected chi connectivity index (χ2v) is 2.94. The van der Waals surface area contributed by atoms with Crippen molar-refractivity contribution in [1.82, 2.24) is 0 Å². The maximum absolute atomic E-state index is 10.6. The normalized spacial score (nSPS) is 11.1. The zero-order valence-electron chi connectivity index (χ0n) is 6.52. The van der Waals surface area contributed by atoms with E-state index in [0.29, 0.717) is 6.42 Å². The van der Waals surface area contributed by atoms with Crippen LogP contribution in [0.2, 0.25) is 0 Å². The maximum atomic E-state index is 10.6. The largest absolute Gasteiger partial charge is 0.460 e. The predicted octanol–water partition coefficient (Wildman–Crippen LogP) is 1.74. The van der Waals surface area contributed by atoms with Gasteiger partial charge in [-0.3, -0.25) is 4.79 Å². The van der Waals surface area contributed by atoms with Crippen LogP contribution in [0.4, 0.5) is 0 Å². The standard InChI is InChI=1S/C7H14O2/c1-5-6(8)9-7(2,3)4/h5H2,1-4H3/i1-1. The lowest BCUT2D eigenvalue weighted by molar-refractivity contribution is -0.154. The van der Waals surface area contributed by atoms with Gasteiger partial charge in [0.25, 0.3) is 0 Å². The fourth-order valence-corrected chi connectivity index (χ4v) is 0.414. The lowest BCUT2D eigenvalue weighted by Gasteiger charge is -2.18. The number of carbonyl (C=O) groups excluding carboxylic acids is 1. The first kappa shape index (κ1) is 8.47. The highest BCUT2D eigenvalue weighted by Gasteiger charge is 2.13. The fraction of sp³-hybridized carbons (Fsp3) is 0.857. The van der Waals surface area contributed by atoms with Gasteiger partial charge in [0.15, 0.2) is 0 Å². The molecule has 0 fully saturated rings. The van der Waals surface area contributed by atoms with Crippen LogP contribution < -0.4 is 0 Å². The van der Waals surface area contributed by atoms with Gasteiger partial charge in [-0.1, -0.05) is 6.92 Å². The molecule has 0 saturated carbocycles. The Hall–Kier alpha value is -0.530. The van der Waals surface area contributed by atoms with E-state index in [1.54, 1.807) is 6.92 Å². The molecule has 0 aliphatic heterocycles. The Morgan fingerprint density at radius 2 is 1.89 bits per heavy atom. The Balaban J connectivity index is 3.60. The van der Waals surface area contributed by atoms with Crippen molar-refractivity contribution in [3.8, 4) is 0 Å². The van der Waals surface area contributed by atoms with Crippen molar-refractivity contribution in [2.24, 2.45) is 0 Å². The molecule has 0 radical (unpaired) electrons. The third-order valence-corrected chi connectivity index (χ3v) is 0.709. The third-order valence-electron chi connectivity index (χ3n) is 0.709. The van der Waals surface area contributed by atoms with Crippen LogP contribution in [0.15, 0.2) is 0 Å².